The quantitative estimate of drug-likeness (QED) is 0.763. The number of carbonyl (C=O) groups is 1. The van der Waals surface area contributed by atoms with Crippen LogP contribution in [0.2, 0.25) is 0 Å². The standard InChI is InChI=1S/C20H24N2O4S/c1-3-26-18-11-6-10-17(14-18)22(27(2,24)25)15-20(23)21-13-7-9-16-8-4-5-12-19(16)21/h4-6,8,10-12,14H,3,7,9,13,15H2,1-2H3. The molecule has 1 amide bonds. The smallest absolute Gasteiger partial charge is 0.247 e. The van der Waals surface area contributed by atoms with Crippen LogP contribution in [0.15, 0.2) is 48.5 Å². The number of hydrogen-bond donors (Lipinski definition) is 0. The van der Waals surface area contributed by atoms with Crippen molar-refractivity contribution >= 4 is 27.3 Å². The third kappa shape index (κ3) is 4.42. The maximum absolute atomic E-state index is 13.0. The van der Waals surface area contributed by atoms with E-state index < -0.39 is 10.0 Å². The molecule has 6 nitrogen and oxygen atoms in total. The van der Waals surface area contributed by atoms with E-state index in [0.29, 0.717) is 24.6 Å². The number of fused-ring (bicyclic) bond motifs is 1. The van der Waals surface area contributed by atoms with E-state index in [0.717, 1.165) is 34.7 Å². The molecule has 0 N–H and O–H groups in total. The lowest BCUT2D eigenvalue weighted by Gasteiger charge is -2.31. The summed E-state index contributed by atoms with van der Waals surface area (Å²) in [6.07, 6.45) is 2.89. The molecule has 0 aromatic heterocycles. The number of nitrogens with zero attached hydrogens (tertiary/aromatic N) is 2. The molecule has 0 radical (unpaired) electrons. The molecule has 0 saturated carbocycles. The number of para-hydroxylation sites is 1. The lowest BCUT2D eigenvalue weighted by Crippen LogP contribution is -2.44. The van der Waals surface area contributed by atoms with Crippen molar-refractivity contribution in [3.8, 4) is 5.75 Å². The normalized spacial score (nSPS) is 13.8. The Morgan fingerprint density at radius 2 is 1.96 bits per heavy atom. The molecule has 1 aliphatic rings. The molecule has 0 fully saturated rings. The molecule has 27 heavy (non-hydrogen) atoms. The Morgan fingerprint density at radius 1 is 1.19 bits per heavy atom. The van der Waals surface area contributed by atoms with Crippen LogP contribution < -0.4 is 13.9 Å². The van der Waals surface area contributed by atoms with Crippen molar-refractivity contribution in [1.29, 1.82) is 0 Å². The zero-order valence-corrected chi connectivity index (χ0v) is 16.4. The summed E-state index contributed by atoms with van der Waals surface area (Å²) in [6, 6.07) is 14.6. The number of ether oxygens (including phenoxy) is 1. The van der Waals surface area contributed by atoms with Gasteiger partial charge in [0.15, 0.2) is 0 Å². The lowest BCUT2D eigenvalue weighted by atomic mass is 10.0. The maximum Gasteiger partial charge on any atom is 0.247 e. The molecule has 0 bridgehead atoms. The van der Waals surface area contributed by atoms with Crippen LogP contribution in [0.4, 0.5) is 11.4 Å². The molecule has 0 saturated heterocycles. The maximum atomic E-state index is 13.0. The minimum atomic E-state index is -3.63. The minimum Gasteiger partial charge on any atom is -0.494 e. The van der Waals surface area contributed by atoms with Crippen molar-refractivity contribution in [1.82, 2.24) is 0 Å². The molecule has 2 aromatic rings. The molecule has 2 aromatic carbocycles. The summed E-state index contributed by atoms with van der Waals surface area (Å²) < 4.78 is 31.4. The van der Waals surface area contributed by atoms with E-state index in [1.165, 1.54) is 0 Å². The summed E-state index contributed by atoms with van der Waals surface area (Å²) in [5.74, 6) is 0.328. The summed E-state index contributed by atoms with van der Waals surface area (Å²) in [4.78, 5) is 14.7. The molecule has 0 aliphatic carbocycles. The molecule has 0 atom stereocenters. The van der Waals surface area contributed by atoms with Crippen molar-refractivity contribution in [3.63, 3.8) is 0 Å². The topological polar surface area (TPSA) is 66.9 Å². The average Bonchev–Trinajstić information content (AvgIpc) is 2.65. The Kier molecular flexibility index (Phi) is 5.70. The van der Waals surface area contributed by atoms with Gasteiger partial charge in [0.05, 0.1) is 18.6 Å². The van der Waals surface area contributed by atoms with Gasteiger partial charge in [0.25, 0.3) is 0 Å². The van der Waals surface area contributed by atoms with Gasteiger partial charge in [-0.25, -0.2) is 8.42 Å². The van der Waals surface area contributed by atoms with E-state index in [2.05, 4.69) is 0 Å². The molecular formula is C20H24N2O4S. The third-order valence-corrected chi connectivity index (χ3v) is 5.65. The molecule has 7 heteroatoms. The molecule has 1 aliphatic heterocycles. The van der Waals surface area contributed by atoms with Crippen molar-refractivity contribution in [2.45, 2.75) is 19.8 Å². The molecule has 0 spiro atoms. The van der Waals surface area contributed by atoms with Gasteiger partial charge in [0.1, 0.15) is 12.3 Å². The summed E-state index contributed by atoms with van der Waals surface area (Å²) in [7, 11) is -3.63. The highest BCUT2D eigenvalue weighted by molar-refractivity contribution is 7.92. The second kappa shape index (κ2) is 8.00. The number of hydrogen-bond acceptors (Lipinski definition) is 4. The zero-order valence-electron chi connectivity index (χ0n) is 15.6. The van der Waals surface area contributed by atoms with E-state index in [1.54, 1.807) is 29.2 Å². The first-order chi connectivity index (χ1) is 12.9. The SMILES string of the molecule is CCOc1cccc(N(CC(=O)N2CCCc3ccccc32)S(C)(=O)=O)c1. The Labute approximate surface area is 160 Å². The first-order valence-corrected chi connectivity index (χ1v) is 10.8. The van der Waals surface area contributed by atoms with Gasteiger partial charge >= 0.3 is 0 Å². The fourth-order valence-electron chi connectivity index (χ4n) is 3.30. The van der Waals surface area contributed by atoms with Crippen molar-refractivity contribution in [2.75, 3.05) is 35.2 Å². The van der Waals surface area contributed by atoms with Gasteiger partial charge in [-0.1, -0.05) is 24.3 Å². The second-order valence-corrected chi connectivity index (χ2v) is 8.38. The van der Waals surface area contributed by atoms with Crippen LogP contribution in [0.25, 0.3) is 0 Å². The summed E-state index contributed by atoms with van der Waals surface area (Å²) >= 11 is 0. The van der Waals surface area contributed by atoms with Gasteiger partial charge in [-0.2, -0.15) is 0 Å². The van der Waals surface area contributed by atoms with Gasteiger partial charge in [-0.15, -0.1) is 0 Å². The summed E-state index contributed by atoms with van der Waals surface area (Å²) in [5, 5.41) is 0. The predicted octanol–water partition coefficient (Wildman–Crippen LogP) is 2.83. The number of amides is 1. The van der Waals surface area contributed by atoms with Gasteiger partial charge in [0, 0.05) is 18.3 Å². The van der Waals surface area contributed by atoms with E-state index in [9.17, 15) is 13.2 Å². The number of aryl methyl sites for hydroxylation is 1. The number of benzene rings is 2. The Hall–Kier alpha value is -2.54. The van der Waals surface area contributed by atoms with Crippen molar-refractivity contribution in [3.05, 3.63) is 54.1 Å². The van der Waals surface area contributed by atoms with Crippen molar-refractivity contribution < 1.29 is 17.9 Å². The summed E-state index contributed by atoms with van der Waals surface area (Å²) in [6.45, 7) is 2.68. The first-order valence-electron chi connectivity index (χ1n) is 8.99. The van der Waals surface area contributed by atoms with E-state index in [1.807, 2.05) is 31.2 Å². The van der Waals surface area contributed by atoms with Crippen LogP contribution in [0.1, 0.15) is 18.9 Å². The highest BCUT2D eigenvalue weighted by Crippen LogP contribution is 2.28. The van der Waals surface area contributed by atoms with E-state index in [4.69, 9.17) is 4.74 Å². The number of anilines is 2. The average molecular weight is 388 g/mol. The lowest BCUT2D eigenvalue weighted by molar-refractivity contribution is -0.117. The molecule has 1 heterocycles. The van der Waals surface area contributed by atoms with Crippen LogP contribution in [-0.4, -0.2) is 40.3 Å². The largest absolute Gasteiger partial charge is 0.494 e. The molecule has 0 unspecified atom stereocenters. The van der Waals surface area contributed by atoms with Crippen LogP contribution in [0.5, 0.6) is 5.75 Å². The Bertz CT molecular complexity index is 927. The monoisotopic (exact) mass is 388 g/mol. The minimum absolute atomic E-state index is 0.241. The van der Waals surface area contributed by atoms with Gasteiger partial charge < -0.3 is 9.64 Å². The number of sulfonamides is 1. The van der Waals surface area contributed by atoms with Gasteiger partial charge in [-0.3, -0.25) is 9.10 Å². The van der Waals surface area contributed by atoms with Crippen molar-refractivity contribution in [2.24, 2.45) is 0 Å². The number of carbonyl (C=O) groups excluding carboxylic acids is 1. The van der Waals surface area contributed by atoms with Crippen LogP contribution >= 0.6 is 0 Å². The van der Waals surface area contributed by atoms with Crippen LogP contribution in [0.3, 0.4) is 0 Å². The Morgan fingerprint density at radius 3 is 2.70 bits per heavy atom. The molecular weight excluding hydrogens is 364 g/mol. The van der Waals surface area contributed by atoms with Gasteiger partial charge in [0.2, 0.25) is 15.9 Å². The van der Waals surface area contributed by atoms with Crippen LogP contribution in [-0.2, 0) is 21.2 Å². The fraction of sp³-hybridized carbons (Fsp3) is 0.350. The second-order valence-electron chi connectivity index (χ2n) is 6.48. The third-order valence-electron chi connectivity index (χ3n) is 4.51. The summed E-state index contributed by atoms with van der Waals surface area (Å²) in [5.41, 5.74) is 2.40. The van der Waals surface area contributed by atoms with Crippen LogP contribution in [0, 0.1) is 0 Å². The highest BCUT2D eigenvalue weighted by atomic mass is 32.2. The molecule has 3 rings (SSSR count). The predicted molar refractivity (Wildman–Crippen MR) is 107 cm³/mol. The van der Waals surface area contributed by atoms with E-state index >= 15 is 0 Å². The van der Waals surface area contributed by atoms with Gasteiger partial charge in [-0.05, 0) is 43.5 Å². The Balaban J connectivity index is 1.88. The number of rotatable bonds is 6. The zero-order chi connectivity index (χ0) is 19.4. The first kappa shape index (κ1) is 19.2. The highest BCUT2D eigenvalue weighted by Gasteiger charge is 2.27. The fourth-order valence-corrected chi connectivity index (χ4v) is 4.14. The van der Waals surface area contributed by atoms with E-state index in [-0.39, 0.29) is 12.5 Å². The molecule has 144 valence electrons.